The summed E-state index contributed by atoms with van der Waals surface area (Å²) in [6.45, 7) is 1.66. The summed E-state index contributed by atoms with van der Waals surface area (Å²) in [5.41, 5.74) is 4.96. The van der Waals surface area contributed by atoms with E-state index < -0.39 is 0 Å². The molecule has 0 radical (unpaired) electrons. The molecule has 132 valence electrons. The number of carbonyl (C=O) groups excluding carboxylic acids is 1. The molecule has 0 saturated carbocycles. The summed E-state index contributed by atoms with van der Waals surface area (Å²) in [6.07, 6.45) is 4.81. The van der Waals surface area contributed by atoms with Gasteiger partial charge in [-0.1, -0.05) is 12.1 Å². The Labute approximate surface area is 151 Å². The van der Waals surface area contributed by atoms with Gasteiger partial charge < -0.3 is 9.64 Å². The van der Waals surface area contributed by atoms with Crippen molar-refractivity contribution < 1.29 is 9.53 Å². The second-order valence-corrected chi connectivity index (χ2v) is 7.04. The number of ether oxygens (including phenoxy) is 1. The van der Waals surface area contributed by atoms with Crippen molar-refractivity contribution >= 4 is 11.6 Å². The Morgan fingerprint density at radius 2 is 2.12 bits per heavy atom. The number of hydrogen-bond donors (Lipinski definition) is 0. The summed E-state index contributed by atoms with van der Waals surface area (Å²) in [7, 11) is 1.67. The van der Waals surface area contributed by atoms with E-state index in [1.807, 2.05) is 45.9 Å². The Morgan fingerprint density at radius 1 is 1.27 bits per heavy atom. The first-order valence-electron chi connectivity index (χ1n) is 8.97. The summed E-state index contributed by atoms with van der Waals surface area (Å²) < 4.78 is 7.44. The molecule has 5 rings (SSSR count). The monoisotopic (exact) mass is 348 g/mol. The van der Waals surface area contributed by atoms with Crippen molar-refractivity contribution in [3.8, 4) is 17.0 Å². The van der Waals surface area contributed by atoms with Gasteiger partial charge in [0.1, 0.15) is 5.75 Å². The lowest BCUT2D eigenvalue weighted by Crippen LogP contribution is -2.41. The van der Waals surface area contributed by atoms with Crippen molar-refractivity contribution in [3.63, 3.8) is 0 Å². The van der Waals surface area contributed by atoms with Gasteiger partial charge in [-0.3, -0.25) is 4.79 Å². The number of fused-ring (bicyclic) bond motifs is 6. The number of methoxy groups -OCH3 is 1. The molecule has 2 bridgehead atoms. The fourth-order valence-corrected chi connectivity index (χ4v) is 4.55. The van der Waals surface area contributed by atoms with Crippen LogP contribution in [0.2, 0.25) is 0 Å². The van der Waals surface area contributed by atoms with Gasteiger partial charge in [0.15, 0.2) is 5.65 Å². The van der Waals surface area contributed by atoms with Gasteiger partial charge in [0, 0.05) is 42.8 Å². The Bertz CT molecular complexity index is 1030. The van der Waals surface area contributed by atoms with Gasteiger partial charge in [-0.25, -0.2) is 9.50 Å². The van der Waals surface area contributed by atoms with E-state index in [2.05, 4.69) is 4.98 Å². The Balaban J connectivity index is 1.66. The van der Waals surface area contributed by atoms with Gasteiger partial charge in [0.05, 0.1) is 24.5 Å². The maximum Gasteiger partial charge on any atom is 0.220 e. The van der Waals surface area contributed by atoms with Crippen LogP contribution in [-0.2, 0) is 11.2 Å². The molecule has 0 N–H and O–H groups in total. The summed E-state index contributed by atoms with van der Waals surface area (Å²) >= 11 is 0. The fraction of sp³-hybridized carbons (Fsp3) is 0.350. The second kappa shape index (κ2) is 5.56. The van der Waals surface area contributed by atoms with Gasteiger partial charge in [0.25, 0.3) is 0 Å². The third-order valence-electron chi connectivity index (χ3n) is 5.65. The lowest BCUT2D eigenvalue weighted by atomic mass is 9.99. The summed E-state index contributed by atoms with van der Waals surface area (Å²) in [5, 5.41) is 4.84. The normalized spacial score (nSPS) is 21.1. The Morgan fingerprint density at radius 3 is 2.92 bits per heavy atom. The molecule has 1 aromatic carbocycles. The highest BCUT2D eigenvalue weighted by Gasteiger charge is 2.42. The van der Waals surface area contributed by atoms with E-state index in [1.54, 1.807) is 14.0 Å². The van der Waals surface area contributed by atoms with Crippen LogP contribution in [0, 0.1) is 0 Å². The van der Waals surface area contributed by atoms with Crippen molar-refractivity contribution in [1.29, 1.82) is 0 Å². The van der Waals surface area contributed by atoms with Crippen LogP contribution in [-0.4, -0.2) is 38.6 Å². The molecule has 2 aliphatic rings. The number of para-hydroxylation sites is 1. The van der Waals surface area contributed by atoms with Crippen molar-refractivity contribution in [2.24, 2.45) is 0 Å². The van der Waals surface area contributed by atoms with Gasteiger partial charge in [-0.2, -0.15) is 5.10 Å². The summed E-state index contributed by atoms with van der Waals surface area (Å²) in [5.74, 6) is 0.950. The quantitative estimate of drug-likeness (QED) is 0.714. The van der Waals surface area contributed by atoms with Gasteiger partial charge in [0.2, 0.25) is 5.91 Å². The van der Waals surface area contributed by atoms with E-state index in [1.165, 1.54) is 5.69 Å². The molecule has 6 heteroatoms. The van der Waals surface area contributed by atoms with Crippen LogP contribution in [0.25, 0.3) is 16.9 Å². The molecule has 0 spiro atoms. The number of aromatic nitrogens is 3. The highest BCUT2D eigenvalue weighted by atomic mass is 16.5. The predicted molar refractivity (Wildman–Crippen MR) is 97.0 cm³/mol. The van der Waals surface area contributed by atoms with Crippen LogP contribution in [0.5, 0.6) is 5.75 Å². The summed E-state index contributed by atoms with van der Waals surface area (Å²) in [6, 6.07) is 10.3. The second-order valence-electron chi connectivity index (χ2n) is 7.04. The molecular formula is C20H20N4O2. The fourth-order valence-electron chi connectivity index (χ4n) is 4.55. The molecule has 2 aliphatic heterocycles. The zero-order chi connectivity index (χ0) is 17.8. The third-order valence-corrected chi connectivity index (χ3v) is 5.65. The molecular weight excluding hydrogens is 328 g/mol. The molecule has 2 atom stereocenters. The SMILES string of the molecule is COc1ccccc1-c1cc2ncc3c(n2n1)CC1CCC3N1C(C)=O. The van der Waals surface area contributed by atoms with Crippen molar-refractivity contribution in [1.82, 2.24) is 19.5 Å². The average molecular weight is 348 g/mol. The molecule has 1 amide bonds. The van der Waals surface area contributed by atoms with Gasteiger partial charge >= 0.3 is 0 Å². The van der Waals surface area contributed by atoms with Crippen LogP contribution >= 0.6 is 0 Å². The van der Waals surface area contributed by atoms with Crippen LogP contribution in [0.1, 0.15) is 37.1 Å². The zero-order valence-electron chi connectivity index (χ0n) is 14.8. The number of nitrogens with zero attached hydrogens (tertiary/aromatic N) is 4. The molecule has 1 saturated heterocycles. The minimum Gasteiger partial charge on any atom is -0.496 e. The third kappa shape index (κ3) is 2.08. The number of amides is 1. The van der Waals surface area contributed by atoms with E-state index in [0.717, 1.165) is 47.5 Å². The molecule has 3 aromatic rings. The van der Waals surface area contributed by atoms with E-state index in [-0.39, 0.29) is 18.0 Å². The van der Waals surface area contributed by atoms with Crippen molar-refractivity contribution in [2.45, 2.75) is 38.3 Å². The number of benzene rings is 1. The lowest BCUT2D eigenvalue weighted by Gasteiger charge is -2.35. The van der Waals surface area contributed by atoms with E-state index in [0.29, 0.717) is 0 Å². The molecule has 0 aliphatic carbocycles. The van der Waals surface area contributed by atoms with Gasteiger partial charge in [-0.05, 0) is 25.0 Å². The molecule has 4 heterocycles. The molecule has 6 nitrogen and oxygen atoms in total. The van der Waals surface area contributed by atoms with Crippen LogP contribution in [0.15, 0.2) is 36.5 Å². The first kappa shape index (κ1) is 15.4. The number of carbonyl (C=O) groups is 1. The first-order valence-corrected chi connectivity index (χ1v) is 8.97. The van der Waals surface area contributed by atoms with E-state index in [9.17, 15) is 4.79 Å². The number of rotatable bonds is 2. The molecule has 26 heavy (non-hydrogen) atoms. The van der Waals surface area contributed by atoms with Crippen LogP contribution < -0.4 is 4.74 Å². The van der Waals surface area contributed by atoms with Crippen LogP contribution in [0.4, 0.5) is 0 Å². The van der Waals surface area contributed by atoms with Crippen molar-refractivity contribution in [3.05, 3.63) is 47.8 Å². The maximum atomic E-state index is 12.1. The number of hydrogen-bond acceptors (Lipinski definition) is 4. The first-order chi connectivity index (χ1) is 12.7. The minimum absolute atomic E-state index is 0.136. The standard InChI is InChI=1S/C20H20N4O2/c1-12(25)23-13-7-8-17(23)15-11-21-20-10-16(22-24(20)18(15)9-13)14-5-3-4-6-19(14)26-2/h3-6,10-11,13,17H,7-9H2,1-2H3. The lowest BCUT2D eigenvalue weighted by molar-refractivity contribution is -0.132. The van der Waals surface area contributed by atoms with Gasteiger partial charge in [-0.15, -0.1) is 0 Å². The van der Waals surface area contributed by atoms with Crippen molar-refractivity contribution in [2.75, 3.05) is 7.11 Å². The molecule has 2 unspecified atom stereocenters. The average Bonchev–Trinajstić information content (AvgIpc) is 3.23. The highest BCUT2D eigenvalue weighted by Crippen LogP contribution is 2.43. The zero-order valence-corrected chi connectivity index (χ0v) is 14.8. The maximum absolute atomic E-state index is 12.1. The largest absolute Gasteiger partial charge is 0.496 e. The Hall–Kier alpha value is -2.89. The predicted octanol–water partition coefficient (Wildman–Crippen LogP) is 3.01. The molecule has 2 aromatic heterocycles. The highest BCUT2D eigenvalue weighted by molar-refractivity contribution is 5.75. The minimum atomic E-state index is 0.136. The van der Waals surface area contributed by atoms with Crippen LogP contribution in [0.3, 0.4) is 0 Å². The summed E-state index contributed by atoms with van der Waals surface area (Å²) in [4.78, 5) is 18.7. The Kier molecular flexibility index (Phi) is 3.29. The van der Waals surface area contributed by atoms with E-state index in [4.69, 9.17) is 9.84 Å². The topological polar surface area (TPSA) is 59.7 Å². The van der Waals surface area contributed by atoms with E-state index >= 15 is 0 Å². The smallest absolute Gasteiger partial charge is 0.220 e. The molecule has 1 fully saturated rings.